The van der Waals surface area contributed by atoms with Gasteiger partial charge < -0.3 is 10.2 Å². The second-order valence-corrected chi connectivity index (χ2v) is 2.86. The van der Waals surface area contributed by atoms with E-state index in [1.807, 2.05) is 24.3 Å². The van der Waals surface area contributed by atoms with Crippen LogP contribution in [0.25, 0.3) is 10.9 Å². The van der Waals surface area contributed by atoms with Gasteiger partial charge in [-0.3, -0.25) is 10.8 Å². The van der Waals surface area contributed by atoms with Crippen LogP contribution >= 0.6 is 0 Å². The van der Waals surface area contributed by atoms with Crippen molar-refractivity contribution in [1.82, 2.24) is 4.98 Å². The van der Waals surface area contributed by atoms with E-state index in [0.717, 1.165) is 22.3 Å². The van der Waals surface area contributed by atoms with E-state index in [4.69, 9.17) is 10.6 Å². The molecule has 0 fully saturated rings. The second-order valence-electron chi connectivity index (χ2n) is 2.86. The Morgan fingerprint density at radius 2 is 2.21 bits per heavy atom. The molecule has 0 amide bonds. The normalized spacial score (nSPS) is 10.1. The Balaban J connectivity index is 2.77. The number of fused-ring (bicyclic) bond motifs is 1. The van der Waals surface area contributed by atoms with Crippen LogP contribution in [0.3, 0.4) is 0 Å². The average Bonchev–Trinajstić information content (AvgIpc) is 2.27. The molecule has 0 atom stereocenters. The Hall–Kier alpha value is -1.81. The molecular weight excluding hydrogens is 178 g/mol. The Morgan fingerprint density at radius 1 is 1.36 bits per heavy atom. The van der Waals surface area contributed by atoms with Gasteiger partial charge in [0.05, 0.1) is 12.8 Å². The van der Waals surface area contributed by atoms with Crippen LogP contribution in [0, 0.1) is 0 Å². The van der Waals surface area contributed by atoms with Gasteiger partial charge in [-0.25, -0.2) is 0 Å². The van der Waals surface area contributed by atoms with Crippen LogP contribution in [0.5, 0.6) is 5.75 Å². The van der Waals surface area contributed by atoms with Crippen molar-refractivity contribution in [3.8, 4) is 5.75 Å². The first-order valence-corrected chi connectivity index (χ1v) is 4.25. The molecule has 0 aliphatic heterocycles. The molecule has 1 heterocycles. The highest BCUT2D eigenvalue weighted by atomic mass is 16.5. The van der Waals surface area contributed by atoms with Crippen LogP contribution < -0.4 is 16.0 Å². The Morgan fingerprint density at radius 3 is 2.93 bits per heavy atom. The van der Waals surface area contributed by atoms with Gasteiger partial charge in [-0.15, -0.1) is 0 Å². The number of nitrogens with zero attached hydrogens (tertiary/aromatic N) is 1. The zero-order valence-corrected chi connectivity index (χ0v) is 7.82. The van der Waals surface area contributed by atoms with Crippen molar-refractivity contribution < 1.29 is 4.74 Å². The maximum atomic E-state index is 5.39. The van der Waals surface area contributed by atoms with E-state index in [2.05, 4.69) is 10.4 Å². The fourth-order valence-electron chi connectivity index (χ4n) is 1.44. The number of hydrogen-bond donors (Lipinski definition) is 2. The quantitative estimate of drug-likeness (QED) is 0.555. The first-order valence-electron chi connectivity index (χ1n) is 4.25. The molecule has 0 radical (unpaired) electrons. The minimum atomic E-state index is 0.750. The van der Waals surface area contributed by atoms with Crippen LogP contribution in [-0.4, -0.2) is 12.1 Å². The number of hydrazine groups is 1. The summed E-state index contributed by atoms with van der Waals surface area (Å²) in [4.78, 5) is 4.24. The zero-order chi connectivity index (χ0) is 9.97. The van der Waals surface area contributed by atoms with E-state index in [0.29, 0.717) is 0 Å². The van der Waals surface area contributed by atoms with Crippen molar-refractivity contribution in [2.45, 2.75) is 0 Å². The molecule has 14 heavy (non-hydrogen) atoms. The van der Waals surface area contributed by atoms with Gasteiger partial charge in [0.25, 0.3) is 0 Å². The van der Waals surface area contributed by atoms with Crippen molar-refractivity contribution in [3.05, 3.63) is 30.5 Å². The van der Waals surface area contributed by atoms with Gasteiger partial charge in [0.15, 0.2) is 0 Å². The van der Waals surface area contributed by atoms with E-state index >= 15 is 0 Å². The minimum absolute atomic E-state index is 0.750. The van der Waals surface area contributed by atoms with Gasteiger partial charge in [0, 0.05) is 11.6 Å². The van der Waals surface area contributed by atoms with Crippen LogP contribution in [0.2, 0.25) is 0 Å². The van der Waals surface area contributed by atoms with E-state index in [9.17, 15) is 0 Å². The SMILES string of the molecule is COc1cccc2c(NN)ccnc12. The number of anilines is 1. The number of ether oxygens (including phenoxy) is 1. The zero-order valence-electron chi connectivity index (χ0n) is 7.82. The Bertz CT molecular complexity index is 413. The Labute approximate surface area is 81.7 Å². The number of pyridine rings is 1. The van der Waals surface area contributed by atoms with E-state index < -0.39 is 0 Å². The highest BCUT2D eigenvalue weighted by Gasteiger charge is 2.04. The molecule has 0 spiro atoms. The fourth-order valence-corrected chi connectivity index (χ4v) is 1.44. The van der Waals surface area contributed by atoms with Gasteiger partial charge >= 0.3 is 0 Å². The number of methoxy groups -OCH3 is 1. The summed E-state index contributed by atoms with van der Waals surface area (Å²) >= 11 is 0. The highest BCUT2D eigenvalue weighted by molar-refractivity contribution is 5.94. The molecule has 0 aliphatic rings. The van der Waals surface area contributed by atoms with Gasteiger partial charge in [-0.05, 0) is 12.1 Å². The lowest BCUT2D eigenvalue weighted by molar-refractivity contribution is 0.419. The van der Waals surface area contributed by atoms with Gasteiger partial charge in [-0.1, -0.05) is 12.1 Å². The lowest BCUT2D eigenvalue weighted by atomic mass is 10.2. The third-order valence-electron chi connectivity index (χ3n) is 2.11. The summed E-state index contributed by atoms with van der Waals surface area (Å²) in [6.45, 7) is 0. The van der Waals surface area contributed by atoms with Crippen LogP contribution in [0.15, 0.2) is 30.5 Å². The predicted octanol–water partition coefficient (Wildman–Crippen LogP) is 1.53. The number of hydrogen-bond acceptors (Lipinski definition) is 4. The summed E-state index contributed by atoms with van der Waals surface area (Å²) in [6.07, 6.45) is 1.69. The molecule has 0 unspecified atom stereocenters. The molecule has 0 aliphatic carbocycles. The van der Waals surface area contributed by atoms with Crippen molar-refractivity contribution in [2.24, 2.45) is 5.84 Å². The predicted molar refractivity (Wildman–Crippen MR) is 56.1 cm³/mol. The number of nitrogens with two attached hydrogens (primary N) is 1. The molecule has 0 saturated heterocycles. The molecule has 1 aromatic carbocycles. The van der Waals surface area contributed by atoms with E-state index in [1.165, 1.54) is 0 Å². The summed E-state index contributed by atoms with van der Waals surface area (Å²) in [7, 11) is 1.62. The summed E-state index contributed by atoms with van der Waals surface area (Å²) in [5.74, 6) is 6.14. The molecule has 4 heteroatoms. The first kappa shape index (κ1) is 8.77. The number of para-hydroxylation sites is 1. The summed E-state index contributed by atoms with van der Waals surface area (Å²) in [6, 6.07) is 7.54. The lowest BCUT2D eigenvalue weighted by Gasteiger charge is -2.07. The third-order valence-corrected chi connectivity index (χ3v) is 2.11. The second kappa shape index (κ2) is 3.51. The van der Waals surface area contributed by atoms with E-state index in [1.54, 1.807) is 13.3 Å². The molecule has 4 nitrogen and oxygen atoms in total. The smallest absolute Gasteiger partial charge is 0.145 e. The number of nitrogen functional groups attached to an aromatic ring is 1. The standard InChI is InChI=1S/C10H11N3O/c1-14-9-4-2-3-7-8(13-11)5-6-12-10(7)9/h2-6H,11H2,1H3,(H,12,13). The van der Waals surface area contributed by atoms with Gasteiger partial charge in [0.2, 0.25) is 0 Å². The average molecular weight is 189 g/mol. The molecule has 2 rings (SSSR count). The number of benzene rings is 1. The summed E-state index contributed by atoms with van der Waals surface area (Å²) in [5.41, 5.74) is 4.28. The third kappa shape index (κ3) is 1.25. The maximum Gasteiger partial charge on any atom is 0.145 e. The molecule has 1 aromatic heterocycles. The van der Waals surface area contributed by atoms with Crippen LogP contribution in [0.4, 0.5) is 5.69 Å². The summed E-state index contributed by atoms with van der Waals surface area (Å²) < 4.78 is 5.20. The molecule has 72 valence electrons. The first-order chi connectivity index (χ1) is 6.86. The largest absolute Gasteiger partial charge is 0.494 e. The minimum Gasteiger partial charge on any atom is -0.494 e. The van der Waals surface area contributed by atoms with Crippen molar-refractivity contribution in [2.75, 3.05) is 12.5 Å². The molecule has 0 saturated carbocycles. The monoisotopic (exact) mass is 189 g/mol. The van der Waals surface area contributed by atoms with Crippen LogP contribution in [0.1, 0.15) is 0 Å². The number of aromatic nitrogens is 1. The molecule has 3 N–H and O–H groups in total. The summed E-state index contributed by atoms with van der Waals surface area (Å²) in [5, 5.41) is 0.953. The van der Waals surface area contributed by atoms with Crippen molar-refractivity contribution >= 4 is 16.6 Å². The fraction of sp³-hybridized carbons (Fsp3) is 0.100. The van der Waals surface area contributed by atoms with Crippen molar-refractivity contribution in [1.29, 1.82) is 0 Å². The Kier molecular flexibility index (Phi) is 2.20. The molecule has 2 aromatic rings. The van der Waals surface area contributed by atoms with E-state index in [-0.39, 0.29) is 0 Å². The van der Waals surface area contributed by atoms with Gasteiger partial charge in [-0.2, -0.15) is 0 Å². The topological polar surface area (TPSA) is 60.2 Å². The lowest BCUT2D eigenvalue weighted by Crippen LogP contribution is -2.07. The van der Waals surface area contributed by atoms with Crippen molar-refractivity contribution in [3.63, 3.8) is 0 Å². The number of rotatable bonds is 2. The van der Waals surface area contributed by atoms with Gasteiger partial charge in [0.1, 0.15) is 11.3 Å². The molecule has 0 bridgehead atoms. The molecular formula is C10H11N3O. The maximum absolute atomic E-state index is 5.39. The highest BCUT2D eigenvalue weighted by Crippen LogP contribution is 2.27. The number of nitrogens with one attached hydrogen (secondary N) is 1. The van der Waals surface area contributed by atoms with Crippen LogP contribution in [-0.2, 0) is 0 Å².